The first-order chi connectivity index (χ1) is 7.64. The van der Waals surface area contributed by atoms with Gasteiger partial charge in [-0.3, -0.25) is 0 Å². The monoisotopic (exact) mass is 252 g/mol. The van der Waals surface area contributed by atoms with Gasteiger partial charge in [-0.25, -0.2) is 4.39 Å². The molecule has 0 fully saturated rings. The van der Waals surface area contributed by atoms with E-state index in [0.717, 1.165) is 19.3 Å². The number of hydrogen-bond acceptors (Lipinski definition) is 3. The van der Waals surface area contributed by atoms with Gasteiger partial charge in [0.15, 0.2) is 0 Å². The second-order valence-electron chi connectivity index (χ2n) is 3.85. The van der Waals surface area contributed by atoms with E-state index in [1.165, 1.54) is 0 Å². The van der Waals surface area contributed by atoms with Gasteiger partial charge in [-0.1, -0.05) is 33.1 Å². The summed E-state index contributed by atoms with van der Waals surface area (Å²) in [5, 5.41) is 0. The molecule has 16 heavy (non-hydrogen) atoms. The van der Waals surface area contributed by atoms with Crippen LogP contribution in [-0.4, -0.2) is 35.8 Å². The van der Waals surface area contributed by atoms with E-state index in [-0.39, 0.29) is 6.61 Å². The molecule has 1 unspecified atom stereocenters. The van der Waals surface area contributed by atoms with Crippen LogP contribution in [0.25, 0.3) is 0 Å². The van der Waals surface area contributed by atoms with Crippen LogP contribution in [0.1, 0.15) is 39.5 Å². The van der Waals surface area contributed by atoms with Crippen LogP contribution in [0.3, 0.4) is 0 Å². The average molecular weight is 252 g/mol. The van der Waals surface area contributed by atoms with Crippen molar-refractivity contribution in [2.75, 3.05) is 20.8 Å². The van der Waals surface area contributed by atoms with Crippen molar-refractivity contribution >= 4 is 8.80 Å². The van der Waals surface area contributed by atoms with E-state index in [1.807, 2.05) is 6.92 Å². The maximum atomic E-state index is 13.5. The molecular weight excluding hydrogens is 227 g/mol. The van der Waals surface area contributed by atoms with Gasteiger partial charge in [0, 0.05) is 20.3 Å². The Hall–Kier alpha value is 0.0269. The maximum absolute atomic E-state index is 13.5. The van der Waals surface area contributed by atoms with E-state index in [4.69, 9.17) is 13.3 Å². The lowest BCUT2D eigenvalue weighted by atomic mass is 10.1. The second-order valence-corrected chi connectivity index (χ2v) is 7.03. The smallest absolute Gasteiger partial charge is 0.377 e. The summed E-state index contributed by atoms with van der Waals surface area (Å²) in [5.41, 5.74) is 0. The van der Waals surface area contributed by atoms with Crippen molar-refractivity contribution in [2.45, 2.75) is 51.7 Å². The Labute approximate surface area is 99.6 Å². The number of halogens is 1. The maximum Gasteiger partial charge on any atom is 0.500 e. The molecule has 0 bridgehead atoms. The molecule has 1 atom stereocenters. The summed E-state index contributed by atoms with van der Waals surface area (Å²) in [6, 6.07) is 0.668. The van der Waals surface area contributed by atoms with Crippen LogP contribution in [0, 0.1) is 0 Å². The van der Waals surface area contributed by atoms with Crippen LogP contribution in [0.2, 0.25) is 6.04 Å². The lowest BCUT2D eigenvalue weighted by Crippen LogP contribution is -2.44. The first-order valence-electron chi connectivity index (χ1n) is 6.02. The molecular formula is C11H25FO3Si. The normalized spacial score (nSPS) is 14.1. The van der Waals surface area contributed by atoms with Crippen molar-refractivity contribution in [1.29, 1.82) is 0 Å². The predicted molar refractivity (Wildman–Crippen MR) is 65.2 cm³/mol. The summed E-state index contributed by atoms with van der Waals surface area (Å²) in [5.74, 6) is 0. The van der Waals surface area contributed by atoms with Gasteiger partial charge in [-0.2, -0.15) is 0 Å². The minimum atomic E-state index is -2.57. The van der Waals surface area contributed by atoms with E-state index in [2.05, 4.69) is 6.92 Å². The molecule has 0 radical (unpaired) electrons. The first kappa shape index (κ1) is 16.0. The van der Waals surface area contributed by atoms with Gasteiger partial charge >= 0.3 is 8.80 Å². The standard InChI is InChI=1S/C11H25FO3Si/c1-5-7-8-9-11(12)10-15-16(6-2,13-3)14-4/h11H,5-10H2,1-4H3. The van der Waals surface area contributed by atoms with Crippen molar-refractivity contribution in [3.8, 4) is 0 Å². The van der Waals surface area contributed by atoms with Crippen LogP contribution < -0.4 is 0 Å². The molecule has 3 nitrogen and oxygen atoms in total. The molecule has 0 saturated carbocycles. The third-order valence-corrected chi connectivity index (χ3v) is 5.38. The number of alkyl halides is 1. The minimum absolute atomic E-state index is 0.0887. The molecule has 0 aliphatic carbocycles. The minimum Gasteiger partial charge on any atom is -0.377 e. The molecule has 0 aromatic carbocycles. The summed E-state index contributed by atoms with van der Waals surface area (Å²) < 4.78 is 29.4. The van der Waals surface area contributed by atoms with Gasteiger partial charge in [0.1, 0.15) is 6.17 Å². The van der Waals surface area contributed by atoms with Gasteiger partial charge in [-0.05, 0) is 6.42 Å². The van der Waals surface area contributed by atoms with Crippen LogP contribution in [0.5, 0.6) is 0 Å². The summed E-state index contributed by atoms with van der Waals surface area (Å²) in [7, 11) is 0.550. The van der Waals surface area contributed by atoms with Gasteiger partial charge in [0.05, 0.1) is 6.61 Å². The highest BCUT2D eigenvalue weighted by Crippen LogP contribution is 2.15. The zero-order valence-electron chi connectivity index (χ0n) is 10.9. The zero-order valence-corrected chi connectivity index (χ0v) is 11.9. The van der Waals surface area contributed by atoms with Crippen LogP contribution in [-0.2, 0) is 13.3 Å². The molecule has 0 rings (SSSR count). The highest BCUT2D eigenvalue weighted by molar-refractivity contribution is 6.60. The second kappa shape index (κ2) is 9.10. The molecule has 0 aromatic heterocycles. The zero-order chi connectivity index (χ0) is 12.4. The summed E-state index contributed by atoms with van der Waals surface area (Å²) in [6.45, 7) is 4.13. The van der Waals surface area contributed by atoms with Crippen molar-refractivity contribution in [3.05, 3.63) is 0 Å². The van der Waals surface area contributed by atoms with E-state index in [0.29, 0.717) is 12.5 Å². The molecule has 0 aromatic rings. The summed E-state index contributed by atoms with van der Waals surface area (Å²) in [6.07, 6.45) is 2.76. The quantitative estimate of drug-likeness (QED) is 0.441. The Morgan fingerprint density at radius 3 is 2.19 bits per heavy atom. The lowest BCUT2D eigenvalue weighted by molar-refractivity contribution is 0.0700. The van der Waals surface area contributed by atoms with E-state index < -0.39 is 15.0 Å². The predicted octanol–water partition coefficient (Wildman–Crippen LogP) is 3.17. The molecule has 0 spiro atoms. The highest BCUT2D eigenvalue weighted by atomic mass is 28.4. The lowest BCUT2D eigenvalue weighted by Gasteiger charge is -2.25. The molecule has 5 heteroatoms. The molecule has 0 saturated heterocycles. The summed E-state index contributed by atoms with van der Waals surface area (Å²) >= 11 is 0. The van der Waals surface area contributed by atoms with Crippen LogP contribution in [0.4, 0.5) is 4.39 Å². The highest BCUT2D eigenvalue weighted by Gasteiger charge is 2.37. The van der Waals surface area contributed by atoms with Gasteiger partial charge in [-0.15, -0.1) is 0 Å². The number of rotatable bonds is 10. The van der Waals surface area contributed by atoms with Crippen molar-refractivity contribution in [2.24, 2.45) is 0 Å². The van der Waals surface area contributed by atoms with Crippen molar-refractivity contribution in [1.82, 2.24) is 0 Å². The largest absolute Gasteiger partial charge is 0.500 e. The Morgan fingerprint density at radius 1 is 1.12 bits per heavy atom. The Kier molecular flexibility index (Phi) is 9.11. The van der Waals surface area contributed by atoms with Gasteiger partial charge in [0.2, 0.25) is 0 Å². The molecule has 0 amide bonds. The van der Waals surface area contributed by atoms with E-state index >= 15 is 0 Å². The molecule has 0 heterocycles. The number of hydrogen-bond donors (Lipinski definition) is 0. The van der Waals surface area contributed by atoms with Crippen molar-refractivity contribution < 1.29 is 17.7 Å². The van der Waals surface area contributed by atoms with E-state index in [9.17, 15) is 4.39 Å². The molecule has 0 aliphatic heterocycles. The Morgan fingerprint density at radius 2 is 1.75 bits per heavy atom. The Balaban J connectivity index is 3.82. The average Bonchev–Trinajstić information content (AvgIpc) is 2.32. The molecule has 0 N–H and O–H groups in total. The third kappa shape index (κ3) is 5.93. The topological polar surface area (TPSA) is 27.7 Å². The first-order valence-corrected chi connectivity index (χ1v) is 7.95. The van der Waals surface area contributed by atoms with Gasteiger partial charge in [0.25, 0.3) is 0 Å². The van der Waals surface area contributed by atoms with Crippen LogP contribution in [0.15, 0.2) is 0 Å². The van der Waals surface area contributed by atoms with Crippen LogP contribution >= 0.6 is 0 Å². The van der Waals surface area contributed by atoms with Gasteiger partial charge < -0.3 is 13.3 Å². The fourth-order valence-electron chi connectivity index (χ4n) is 1.51. The third-order valence-electron chi connectivity index (χ3n) is 2.66. The molecule has 0 aliphatic rings. The number of unbranched alkanes of at least 4 members (excludes halogenated alkanes) is 2. The fraction of sp³-hybridized carbons (Fsp3) is 1.00. The summed E-state index contributed by atoms with van der Waals surface area (Å²) in [4.78, 5) is 0. The van der Waals surface area contributed by atoms with Crippen molar-refractivity contribution in [3.63, 3.8) is 0 Å². The molecule has 98 valence electrons. The SMILES string of the molecule is CCCCCC(F)CO[Si](CC)(OC)OC. The van der Waals surface area contributed by atoms with E-state index in [1.54, 1.807) is 14.2 Å². The Bertz CT molecular complexity index is 157. The fourth-order valence-corrected chi connectivity index (χ4v) is 3.13.